The Morgan fingerprint density at radius 2 is 1.59 bits per heavy atom. The van der Waals surface area contributed by atoms with Crippen LogP contribution >= 0.6 is 0 Å². The van der Waals surface area contributed by atoms with Gasteiger partial charge in [-0.15, -0.1) is 0 Å². The summed E-state index contributed by atoms with van der Waals surface area (Å²) in [6, 6.07) is 16.1. The van der Waals surface area contributed by atoms with E-state index in [0.717, 1.165) is 6.42 Å². The minimum Gasteiger partial charge on any atom is -0.456 e. The minimum absolute atomic E-state index is 0.150. The number of likely N-dealkylation sites (tertiary alicyclic amines) is 1. The van der Waals surface area contributed by atoms with Gasteiger partial charge in [0.2, 0.25) is 0 Å². The van der Waals surface area contributed by atoms with Gasteiger partial charge in [-0.05, 0) is 42.5 Å². The van der Waals surface area contributed by atoms with E-state index in [1.54, 1.807) is 29.2 Å². The number of nitrogens with zero attached hydrogens (tertiary/aromatic N) is 1. The Labute approximate surface area is 159 Å². The van der Waals surface area contributed by atoms with Crippen molar-refractivity contribution in [3.8, 4) is 11.5 Å². The van der Waals surface area contributed by atoms with Gasteiger partial charge in [0, 0.05) is 13.1 Å². The Morgan fingerprint density at radius 3 is 2.30 bits per heavy atom. The summed E-state index contributed by atoms with van der Waals surface area (Å²) in [6.45, 7) is 5.46. The number of benzene rings is 2. The van der Waals surface area contributed by atoms with Crippen LogP contribution in [-0.2, 0) is 9.53 Å². The zero-order chi connectivity index (χ0) is 19.2. The van der Waals surface area contributed by atoms with Gasteiger partial charge >= 0.3 is 5.97 Å². The van der Waals surface area contributed by atoms with Crippen LogP contribution in [0.5, 0.6) is 11.5 Å². The fraction of sp³-hybridized carbons (Fsp3) is 0.364. The zero-order valence-corrected chi connectivity index (χ0v) is 15.8. The molecule has 27 heavy (non-hydrogen) atoms. The molecule has 1 aliphatic heterocycles. The Kier molecular flexibility index (Phi) is 6.12. The van der Waals surface area contributed by atoms with E-state index >= 15 is 0 Å². The van der Waals surface area contributed by atoms with Crippen LogP contribution in [0.4, 0.5) is 0 Å². The topological polar surface area (TPSA) is 55.8 Å². The van der Waals surface area contributed by atoms with Crippen LogP contribution in [-0.4, -0.2) is 36.5 Å². The van der Waals surface area contributed by atoms with E-state index in [1.165, 1.54) is 0 Å². The number of ether oxygens (including phenoxy) is 2. The van der Waals surface area contributed by atoms with Crippen LogP contribution in [0, 0.1) is 11.8 Å². The summed E-state index contributed by atoms with van der Waals surface area (Å²) in [6.07, 6.45) is 1.12. The first kappa shape index (κ1) is 19.0. The summed E-state index contributed by atoms with van der Waals surface area (Å²) in [4.78, 5) is 26.7. The highest BCUT2D eigenvalue weighted by molar-refractivity contribution is 5.94. The maximum Gasteiger partial charge on any atom is 0.342 e. The summed E-state index contributed by atoms with van der Waals surface area (Å²) >= 11 is 0. The molecule has 0 spiro atoms. The molecule has 0 aromatic heterocycles. The van der Waals surface area contributed by atoms with Crippen LogP contribution in [0.3, 0.4) is 0 Å². The fourth-order valence-electron chi connectivity index (χ4n) is 3.50. The van der Waals surface area contributed by atoms with Gasteiger partial charge in [0.1, 0.15) is 17.1 Å². The van der Waals surface area contributed by atoms with E-state index in [4.69, 9.17) is 9.47 Å². The Morgan fingerprint density at radius 1 is 0.963 bits per heavy atom. The molecule has 1 fully saturated rings. The Balaban J connectivity index is 1.62. The molecule has 1 saturated heterocycles. The normalized spacial score (nSPS) is 19.4. The van der Waals surface area contributed by atoms with E-state index in [-0.39, 0.29) is 12.5 Å². The number of hydrogen-bond acceptors (Lipinski definition) is 4. The molecule has 2 atom stereocenters. The molecule has 3 rings (SSSR count). The van der Waals surface area contributed by atoms with Crippen LogP contribution in [0.1, 0.15) is 30.6 Å². The molecule has 0 unspecified atom stereocenters. The average Bonchev–Trinajstić information content (AvgIpc) is 2.66. The smallest absolute Gasteiger partial charge is 0.342 e. The predicted molar refractivity (Wildman–Crippen MR) is 103 cm³/mol. The van der Waals surface area contributed by atoms with Gasteiger partial charge in [-0.2, -0.15) is 0 Å². The number of rotatable bonds is 5. The lowest BCUT2D eigenvalue weighted by Crippen LogP contribution is -2.44. The molecule has 0 N–H and O–H groups in total. The largest absolute Gasteiger partial charge is 0.456 e. The molecule has 5 heteroatoms. The monoisotopic (exact) mass is 367 g/mol. The third-order valence-corrected chi connectivity index (χ3v) is 4.63. The number of piperidine rings is 1. The first-order valence-electron chi connectivity index (χ1n) is 9.29. The van der Waals surface area contributed by atoms with Crippen molar-refractivity contribution in [2.24, 2.45) is 11.8 Å². The second-order valence-electron chi connectivity index (χ2n) is 7.23. The SMILES string of the molecule is C[C@H]1C[C@H](C)CN(C(=O)COC(=O)c2ccccc2Oc2ccccc2)C1. The molecule has 2 aromatic rings. The fourth-order valence-corrected chi connectivity index (χ4v) is 3.50. The number of carbonyl (C=O) groups is 2. The van der Waals surface area contributed by atoms with Crippen molar-refractivity contribution in [3.05, 3.63) is 60.2 Å². The summed E-state index contributed by atoms with van der Waals surface area (Å²) in [5.41, 5.74) is 0.300. The lowest BCUT2D eigenvalue weighted by Gasteiger charge is -2.34. The minimum atomic E-state index is -0.562. The van der Waals surface area contributed by atoms with E-state index in [2.05, 4.69) is 13.8 Å². The van der Waals surface area contributed by atoms with E-state index in [0.29, 0.717) is 42.0 Å². The number of carbonyl (C=O) groups excluding carboxylic acids is 2. The molecular weight excluding hydrogens is 342 g/mol. The highest BCUT2D eigenvalue weighted by Gasteiger charge is 2.26. The summed E-state index contributed by atoms with van der Waals surface area (Å²) in [5.74, 6) is 1.25. The lowest BCUT2D eigenvalue weighted by atomic mass is 9.92. The molecule has 0 bridgehead atoms. The highest BCUT2D eigenvalue weighted by atomic mass is 16.5. The molecule has 1 heterocycles. The molecule has 5 nitrogen and oxygen atoms in total. The van der Waals surface area contributed by atoms with E-state index in [1.807, 2.05) is 30.3 Å². The van der Waals surface area contributed by atoms with E-state index < -0.39 is 5.97 Å². The van der Waals surface area contributed by atoms with Gasteiger partial charge < -0.3 is 14.4 Å². The first-order chi connectivity index (χ1) is 13.0. The highest BCUT2D eigenvalue weighted by Crippen LogP contribution is 2.26. The van der Waals surface area contributed by atoms with Gasteiger partial charge in [-0.3, -0.25) is 4.79 Å². The van der Waals surface area contributed by atoms with Crippen LogP contribution in [0.25, 0.3) is 0 Å². The maximum atomic E-state index is 12.5. The van der Waals surface area contributed by atoms with Gasteiger partial charge in [-0.25, -0.2) is 4.79 Å². The van der Waals surface area contributed by atoms with Gasteiger partial charge in [0.05, 0.1) is 0 Å². The van der Waals surface area contributed by atoms with Crippen molar-refractivity contribution < 1.29 is 19.1 Å². The van der Waals surface area contributed by atoms with Gasteiger partial charge in [0.15, 0.2) is 6.61 Å². The number of esters is 1. The first-order valence-corrected chi connectivity index (χ1v) is 9.29. The van der Waals surface area contributed by atoms with Crippen molar-refractivity contribution in [3.63, 3.8) is 0 Å². The second kappa shape index (κ2) is 8.71. The summed E-state index contributed by atoms with van der Waals surface area (Å²) < 4.78 is 11.1. The van der Waals surface area contributed by atoms with Crippen molar-refractivity contribution in [2.75, 3.05) is 19.7 Å². The molecule has 1 aliphatic rings. The third kappa shape index (κ3) is 5.09. The zero-order valence-electron chi connectivity index (χ0n) is 15.8. The maximum absolute atomic E-state index is 12.5. The van der Waals surface area contributed by atoms with Crippen LogP contribution in [0.2, 0.25) is 0 Å². The molecule has 1 amide bonds. The van der Waals surface area contributed by atoms with Crippen LogP contribution in [0.15, 0.2) is 54.6 Å². The van der Waals surface area contributed by atoms with E-state index in [9.17, 15) is 9.59 Å². The molecule has 0 radical (unpaired) electrons. The van der Waals surface area contributed by atoms with Gasteiger partial charge in [0.25, 0.3) is 5.91 Å². The molecule has 0 aliphatic carbocycles. The molecule has 142 valence electrons. The number of hydrogen-bond donors (Lipinski definition) is 0. The van der Waals surface area contributed by atoms with Crippen molar-refractivity contribution in [2.45, 2.75) is 20.3 Å². The van der Waals surface area contributed by atoms with Crippen molar-refractivity contribution in [1.29, 1.82) is 0 Å². The molecular formula is C22H25NO4. The van der Waals surface area contributed by atoms with Crippen LogP contribution < -0.4 is 4.74 Å². The molecule has 2 aromatic carbocycles. The quantitative estimate of drug-likeness (QED) is 0.745. The Hall–Kier alpha value is -2.82. The Bertz CT molecular complexity index is 780. The average molecular weight is 367 g/mol. The second-order valence-corrected chi connectivity index (χ2v) is 7.23. The lowest BCUT2D eigenvalue weighted by molar-refractivity contribution is -0.137. The summed E-state index contributed by atoms with van der Waals surface area (Å²) in [7, 11) is 0. The number of amides is 1. The summed E-state index contributed by atoms with van der Waals surface area (Å²) in [5, 5.41) is 0. The standard InChI is InChI=1S/C22H25NO4/c1-16-12-17(2)14-23(13-16)21(24)15-26-22(25)19-10-6-7-11-20(19)27-18-8-4-3-5-9-18/h3-11,16-17H,12-15H2,1-2H3/t16-,17-/m0/s1. The number of para-hydroxylation sites is 2. The van der Waals surface area contributed by atoms with Gasteiger partial charge in [-0.1, -0.05) is 44.2 Å². The third-order valence-electron chi connectivity index (χ3n) is 4.63. The van der Waals surface area contributed by atoms with Crippen molar-refractivity contribution in [1.82, 2.24) is 4.90 Å². The van der Waals surface area contributed by atoms with Crippen molar-refractivity contribution >= 4 is 11.9 Å². The molecule has 0 saturated carbocycles. The predicted octanol–water partition coefficient (Wildman–Crippen LogP) is 4.14.